The Morgan fingerprint density at radius 1 is 1.13 bits per heavy atom. The Balaban J connectivity index is 1.54. The van der Waals surface area contributed by atoms with E-state index in [2.05, 4.69) is 31.6 Å². The first-order valence-corrected chi connectivity index (χ1v) is 13.0. The van der Waals surface area contributed by atoms with Crippen LogP contribution in [0.15, 0.2) is 24.4 Å². The van der Waals surface area contributed by atoms with Gasteiger partial charge in [0.15, 0.2) is 0 Å². The van der Waals surface area contributed by atoms with Crippen LogP contribution in [0.4, 0.5) is 0 Å². The molecule has 4 amide bonds. The van der Waals surface area contributed by atoms with E-state index in [-0.39, 0.29) is 23.0 Å². The fraction of sp³-hybridized carbons (Fsp3) is 0.520. The first-order chi connectivity index (χ1) is 18.1. The normalized spacial score (nSPS) is 22.8. The molecule has 1 aromatic carbocycles. The number of carbonyl (C=O) groups excluding carboxylic acids is 4. The molecule has 204 valence electrons. The Morgan fingerprint density at radius 3 is 2.58 bits per heavy atom. The minimum atomic E-state index is -1.11. The van der Waals surface area contributed by atoms with Crippen LogP contribution in [0.25, 0.3) is 0 Å². The zero-order valence-corrected chi connectivity index (χ0v) is 22.3. The first kappa shape index (κ1) is 27.4. The molecule has 0 saturated heterocycles. The standard InChI is InChI=1S/C25H32ClN7O5/c1-14(2)20-23(36)28-15(3)21(34)27-12-17-13-33(32-31-17)9-4-10-38-19-6-5-16(11-18(19)26)22(35)30-25(7-8-25)24(37)29-20/h5-6,11,13-15,20H,4,7-10,12H2,1-3H3,(H,27,34)(H,28,36)(H,29,37)(H,30,35)/t15-,20+/m1/s1. The maximum Gasteiger partial charge on any atom is 0.252 e. The minimum Gasteiger partial charge on any atom is -0.492 e. The summed E-state index contributed by atoms with van der Waals surface area (Å²) in [6.45, 7) is 6.16. The highest BCUT2D eigenvalue weighted by Crippen LogP contribution is 2.36. The van der Waals surface area contributed by atoms with Crippen LogP contribution in [-0.4, -0.2) is 62.9 Å². The van der Waals surface area contributed by atoms with Gasteiger partial charge < -0.3 is 26.0 Å². The molecule has 3 aliphatic rings. The van der Waals surface area contributed by atoms with Gasteiger partial charge in [0.05, 0.1) is 24.4 Å². The van der Waals surface area contributed by atoms with Gasteiger partial charge in [-0.25, -0.2) is 0 Å². The van der Waals surface area contributed by atoms with Crippen LogP contribution in [0, 0.1) is 5.92 Å². The molecule has 2 aromatic rings. The number of nitrogens with one attached hydrogen (secondary N) is 4. The van der Waals surface area contributed by atoms with Crippen molar-refractivity contribution in [1.29, 1.82) is 0 Å². The minimum absolute atomic E-state index is 0.143. The van der Waals surface area contributed by atoms with Gasteiger partial charge in [0, 0.05) is 18.5 Å². The fourth-order valence-electron chi connectivity index (χ4n) is 4.03. The predicted molar refractivity (Wildman–Crippen MR) is 137 cm³/mol. The summed E-state index contributed by atoms with van der Waals surface area (Å²) in [5, 5.41) is 19.3. The van der Waals surface area contributed by atoms with Gasteiger partial charge in [-0.2, -0.15) is 0 Å². The summed E-state index contributed by atoms with van der Waals surface area (Å²) >= 11 is 6.35. The topological polar surface area (TPSA) is 156 Å². The van der Waals surface area contributed by atoms with E-state index in [4.69, 9.17) is 16.3 Å². The lowest BCUT2D eigenvalue weighted by Crippen LogP contribution is -2.58. The second kappa shape index (κ2) is 11.4. The Kier molecular flexibility index (Phi) is 8.20. The third-order valence-electron chi connectivity index (χ3n) is 6.54. The summed E-state index contributed by atoms with van der Waals surface area (Å²) in [6, 6.07) is 2.94. The number of benzene rings is 1. The Labute approximate surface area is 225 Å². The van der Waals surface area contributed by atoms with Gasteiger partial charge in [-0.05, 0) is 43.9 Å². The smallest absolute Gasteiger partial charge is 0.252 e. The number of fused-ring (bicyclic) bond motifs is 14. The average Bonchev–Trinajstić information content (AvgIpc) is 3.51. The number of aryl methyl sites for hydroxylation is 1. The van der Waals surface area contributed by atoms with E-state index in [9.17, 15) is 19.2 Å². The molecule has 2 aliphatic heterocycles. The van der Waals surface area contributed by atoms with E-state index in [1.807, 2.05) is 0 Å². The molecule has 4 bridgehead atoms. The maximum atomic E-state index is 13.2. The van der Waals surface area contributed by atoms with Crippen molar-refractivity contribution in [2.75, 3.05) is 6.61 Å². The maximum absolute atomic E-state index is 13.2. The van der Waals surface area contributed by atoms with Crippen molar-refractivity contribution in [2.45, 2.75) is 70.7 Å². The lowest BCUT2D eigenvalue weighted by Gasteiger charge is -2.26. The molecule has 12 nitrogen and oxygen atoms in total. The summed E-state index contributed by atoms with van der Waals surface area (Å²) in [6.07, 6.45) is 3.22. The Bertz CT molecular complexity index is 1230. The molecule has 1 fully saturated rings. The Morgan fingerprint density at radius 2 is 1.89 bits per heavy atom. The van der Waals surface area contributed by atoms with E-state index < -0.39 is 41.3 Å². The molecular weight excluding hydrogens is 514 g/mol. The van der Waals surface area contributed by atoms with Crippen LogP contribution >= 0.6 is 11.6 Å². The highest BCUT2D eigenvalue weighted by Gasteiger charge is 2.52. The summed E-state index contributed by atoms with van der Waals surface area (Å²) in [7, 11) is 0. The molecule has 1 aromatic heterocycles. The summed E-state index contributed by atoms with van der Waals surface area (Å²) in [5.41, 5.74) is -0.261. The molecule has 1 saturated carbocycles. The number of halogens is 1. The lowest BCUT2D eigenvalue weighted by molar-refractivity contribution is -0.133. The van der Waals surface area contributed by atoms with Crippen molar-refractivity contribution in [3.05, 3.63) is 40.7 Å². The van der Waals surface area contributed by atoms with Gasteiger partial charge in [0.25, 0.3) is 5.91 Å². The van der Waals surface area contributed by atoms with Gasteiger partial charge in [-0.3, -0.25) is 23.9 Å². The SMILES string of the molecule is CC(C)[C@@H]1NC(=O)C2(CC2)NC(=O)c2ccc(c(Cl)c2)OCCCn2cc(nn2)CNC(=O)[C@@H](C)NC1=O. The summed E-state index contributed by atoms with van der Waals surface area (Å²) in [5.74, 6) is -1.64. The number of hydrogen-bond acceptors (Lipinski definition) is 7. The van der Waals surface area contributed by atoms with E-state index in [1.54, 1.807) is 43.8 Å². The van der Waals surface area contributed by atoms with Crippen molar-refractivity contribution in [2.24, 2.45) is 5.92 Å². The third kappa shape index (κ3) is 6.42. The molecule has 1 aliphatic carbocycles. The number of aromatic nitrogens is 3. The van der Waals surface area contributed by atoms with E-state index in [0.29, 0.717) is 43.9 Å². The van der Waals surface area contributed by atoms with Gasteiger partial charge >= 0.3 is 0 Å². The quantitative estimate of drug-likeness (QED) is 0.388. The van der Waals surface area contributed by atoms with Crippen LogP contribution in [0.1, 0.15) is 56.1 Å². The average molecular weight is 546 g/mol. The first-order valence-electron chi connectivity index (χ1n) is 12.6. The van der Waals surface area contributed by atoms with Crippen molar-refractivity contribution in [1.82, 2.24) is 36.3 Å². The monoisotopic (exact) mass is 545 g/mol. The van der Waals surface area contributed by atoms with E-state index in [1.165, 1.54) is 6.07 Å². The van der Waals surface area contributed by atoms with Crippen LogP contribution in [-0.2, 0) is 27.5 Å². The molecule has 13 heteroatoms. The van der Waals surface area contributed by atoms with Crippen LogP contribution in [0.2, 0.25) is 5.02 Å². The van der Waals surface area contributed by atoms with E-state index in [0.717, 1.165) is 0 Å². The Hall–Kier alpha value is -3.67. The molecule has 0 unspecified atom stereocenters. The number of ether oxygens (including phenoxy) is 1. The molecule has 5 rings (SSSR count). The molecule has 2 atom stereocenters. The van der Waals surface area contributed by atoms with Crippen molar-refractivity contribution >= 4 is 35.2 Å². The summed E-state index contributed by atoms with van der Waals surface area (Å²) < 4.78 is 7.40. The van der Waals surface area contributed by atoms with Gasteiger partial charge in [0.1, 0.15) is 29.1 Å². The predicted octanol–water partition coefficient (Wildman–Crippen LogP) is 0.938. The molecule has 38 heavy (non-hydrogen) atoms. The third-order valence-corrected chi connectivity index (χ3v) is 6.83. The molecular formula is C25H32ClN7O5. The second-order valence-corrected chi connectivity index (χ2v) is 10.4. The van der Waals surface area contributed by atoms with Gasteiger partial charge in [-0.15, -0.1) is 5.10 Å². The fourth-order valence-corrected chi connectivity index (χ4v) is 4.27. The highest BCUT2D eigenvalue weighted by atomic mass is 35.5. The lowest BCUT2D eigenvalue weighted by atomic mass is 10.0. The number of rotatable bonds is 1. The molecule has 3 heterocycles. The number of nitrogens with zero attached hydrogens (tertiary/aromatic N) is 3. The second-order valence-electron chi connectivity index (χ2n) is 10.00. The largest absolute Gasteiger partial charge is 0.492 e. The molecule has 4 N–H and O–H groups in total. The van der Waals surface area contributed by atoms with Crippen molar-refractivity contribution in [3.8, 4) is 5.75 Å². The van der Waals surface area contributed by atoms with E-state index >= 15 is 0 Å². The zero-order chi connectivity index (χ0) is 27.4. The van der Waals surface area contributed by atoms with Crippen molar-refractivity contribution in [3.63, 3.8) is 0 Å². The summed E-state index contributed by atoms with van der Waals surface area (Å²) in [4.78, 5) is 51.7. The number of hydrogen-bond donors (Lipinski definition) is 4. The number of amides is 4. The highest BCUT2D eigenvalue weighted by molar-refractivity contribution is 6.32. The van der Waals surface area contributed by atoms with Crippen LogP contribution < -0.4 is 26.0 Å². The van der Waals surface area contributed by atoms with Crippen molar-refractivity contribution < 1.29 is 23.9 Å². The number of carbonyl (C=O) groups is 4. The van der Waals surface area contributed by atoms with Crippen LogP contribution in [0.5, 0.6) is 5.75 Å². The molecule has 1 spiro atoms. The molecule has 0 radical (unpaired) electrons. The van der Waals surface area contributed by atoms with Crippen LogP contribution in [0.3, 0.4) is 0 Å². The van der Waals surface area contributed by atoms with Gasteiger partial charge in [-0.1, -0.05) is 30.7 Å². The zero-order valence-electron chi connectivity index (χ0n) is 21.5. The van der Waals surface area contributed by atoms with Gasteiger partial charge in [0.2, 0.25) is 17.7 Å².